The lowest BCUT2D eigenvalue weighted by molar-refractivity contribution is 0.0693. The molecule has 0 heterocycles. The normalized spacial score (nSPS) is 10.2. The van der Waals surface area contributed by atoms with Crippen LogP contribution in [0.5, 0.6) is 5.75 Å². The largest absolute Gasteiger partial charge is 0.497 e. The smallest absolute Gasteiger partial charge is 0.336 e. The van der Waals surface area contributed by atoms with Crippen LogP contribution in [0, 0.1) is 0 Å². The summed E-state index contributed by atoms with van der Waals surface area (Å²) >= 11 is 1.50. The van der Waals surface area contributed by atoms with E-state index in [9.17, 15) is 9.90 Å². The summed E-state index contributed by atoms with van der Waals surface area (Å²) in [4.78, 5) is 11.9. The van der Waals surface area contributed by atoms with E-state index in [2.05, 4.69) is 0 Å². The fraction of sp³-hybridized carbons (Fsp3) is 0.133. The molecular weight excluding hydrogens is 260 g/mol. The first kappa shape index (κ1) is 13.5. The Morgan fingerprint density at radius 1 is 1.21 bits per heavy atom. The zero-order valence-corrected chi connectivity index (χ0v) is 11.3. The second kappa shape index (κ2) is 6.29. The number of carbonyl (C=O) groups is 1. The summed E-state index contributed by atoms with van der Waals surface area (Å²) in [6.45, 7) is 0. The van der Waals surface area contributed by atoms with Crippen LogP contribution in [0.3, 0.4) is 0 Å². The third kappa shape index (κ3) is 3.51. The molecule has 98 valence electrons. The van der Waals surface area contributed by atoms with Crippen LogP contribution in [-0.4, -0.2) is 18.2 Å². The van der Waals surface area contributed by atoms with E-state index in [1.165, 1.54) is 11.8 Å². The minimum absolute atomic E-state index is 0.307. The monoisotopic (exact) mass is 274 g/mol. The molecule has 0 aliphatic heterocycles. The number of thioether (sulfide) groups is 1. The van der Waals surface area contributed by atoms with Gasteiger partial charge in [0.25, 0.3) is 0 Å². The molecule has 1 N–H and O–H groups in total. The number of carboxylic acid groups (broad SMARTS) is 1. The second-order valence-electron chi connectivity index (χ2n) is 3.94. The number of aromatic carboxylic acids is 1. The maximum atomic E-state index is 11.2. The lowest BCUT2D eigenvalue weighted by Crippen LogP contribution is -1.99. The Bertz CT molecular complexity index is 567. The molecule has 0 atom stereocenters. The number of carboxylic acids is 1. The van der Waals surface area contributed by atoms with Crippen LogP contribution in [0.15, 0.2) is 53.4 Å². The molecular formula is C15H14O3S. The molecule has 0 aromatic heterocycles. The molecule has 0 unspecified atom stereocenters. The Balaban J connectivity index is 2.20. The maximum Gasteiger partial charge on any atom is 0.336 e. The Hall–Kier alpha value is -1.94. The molecule has 0 spiro atoms. The third-order valence-electron chi connectivity index (χ3n) is 2.66. The third-order valence-corrected chi connectivity index (χ3v) is 3.78. The first-order valence-electron chi connectivity index (χ1n) is 5.79. The summed E-state index contributed by atoms with van der Waals surface area (Å²) in [6, 6.07) is 14.9. The molecule has 0 saturated carbocycles. The van der Waals surface area contributed by atoms with Crippen LogP contribution in [0.1, 0.15) is 15.9 Å². The van der Waals surface area contributed by atoms with E-state index in [4.69, 9.17) is 4.74 Å². The quantitative estimate of drug-likeness (QED) is 0.845. The first-order valence-corrected chi connectivity index (χ1v) is 6.77. The number of ether oxygens (including phenoxy) is 1. The van der Waals surface area contributed by atoms with Gasteiger partial charge in [-0.15, -0.1) is 11.8 Å². The number of hydrogen-bond acceptors (Lipinski definition) is 3. The van der Waals surface area contributed by atoms with Crippen LogP contribution in [0.4, 0.5) is 0 Å². The molecule has 19 heavy (non-hydrogen) atoms. The van der Waals surface area contributed by atoms with Crippen LogP contribution >= 0.6 is 11.8 Å². The summed E-state index contributed by atoms with van der Waals surface area (Å²) in [7, 11) is 1.57. The van der Waals surface area contributed by atoms with Gasteiger partial charge >= 0.3 is 5.97 Å². The van der Waals surface area contributed by atoms with Crippen LogP contribution < -0.4 is 4.74 Å². The van der Waals surface area contributed by atoms with Gasteiger partial charge in [0.1, 0.15) is 5.75 Å². The maximum absolute atomic E-state index is 11.2. The molecule has 2 aromatic carbocycles. The Morgan fingerprint density at radius 2 is 1.95 bits per heavy atom. The van der Waals surface area contributed by atoms with E-state index >= 15 is 0 Å². The van der Waals surface area contributed by atoms with Crippen molar-refractivity contribution in [2.24, 2.45) is 0 Å². The lowest BCUT2D eigenvalue weighted by Gasteiger charge is -2.08. The molecule has 2 rings (SSSR count). The van der Waals surface area contributed by atoms with Crippen LogP contribution in [-0.2, 0) is 5.75 Å². The number of benzene rings is 2. The van der Waals surface area contributed by atoms with Crippen molar-refractivity contribution in [1.29, 1.82) is 0 Å². The summed E-state index contributed by atoms with van der Waals surface area (Å²) in [5, 5.41) is 9.17. The summed E-state index contributed by atoms with van der Waals surface area (Å²) < 4.78 is 5.14. The Labute approximate surface area is 116 Å². The van der Waals surface area contributed by atoms with Gasteiger partial charge in [-0.1, -0.05) is 30.3 Å². The van der Waals surface area contributed by atoms with E-state index < -0.39 is 5.97 Å². The van der Waals surface area contributed by atoms with E-state index in [1.807, 2.05) is 30.3 Å². The van der Waals surface area contributed by atoms with Crippen molar-refractivity contribution in [3.8, 4) is 5.75 Å². The van der Waals surface area contributed by atoms with E-state index in [0.29, 0.717) is 11.3 Å². The minimum atomic E-state index is -0.918. The number of hydrogen-bond donors (Lipinski definition) is 1. The highest BCUT2D eigenvalue weighted by molar-refractivity contribution is 7.98. The number of rotatable bonds is 5. The van der Waals surface area contributed by atoms with Crippen molar-refractivity contribution in [2.45, 2.75) is 10.6 Å². The highest BCUT2D eigenvalue weighted by Crippen LogP contribution is 2.29. The summed E-state index contributed by atoms with van der Waals surface area (Å²) in [5.74, 6) is 0.479. The van der Waals surface area contributed by atoms with Crippen molar-refractivity contribution in [3.05, 3.63) is 59.7 Å². The molecule has 0 fully saturated rings. The molecule has 4 heteroatoms. The SMILES string of the molecule is COc1ccc(C(=O)O)c(SCc2ccccc2)c1. The van der Waals surface area contributed by atoms with Crippen LogP contribution in [0.2, 0.25) is 0 Å². The van der Waals surface area contributed by atoms with Gasteiger partial charge in [-0.2, -0.15) is 0 Å². The van der Waals surface area contributed by atoms with Gasteiger partial charge < -0.3 is 9.84 Å². The average Bonchev–Trinajstić information content (AvgIpc) is 2.45. The zero-order chi connectivity index (χ0) is 13.7. The van der Waals surface area contributed by atoms with Gasteiger partial charge in [0.2, 0.25) is 0 Å². The molecule has 0 amide bonds. The highest BCUT2D eigenvalue weighted by Gasteiger charge is 2.11. The van der Waals surface area contributed by atoms with E-state index in [0.717, 1.165) is 16.2 Å². The second-order valence-corrected chi connectivity index (χ2v) is 4.96. The Morgan fingerprint density at radius 3 is 2.58 bits per heavy atom. The predicted octanol–water partition coefficient (Wildman–Crippen LogP) is 3.69. The molecule has 2 aromatic rings. The van der Waals surface area contributed by atoms with Gasteiger partial charge in [0.15, 0.2) is 0 Å². The van der Waals surface area contributed by atoms with Gasteiger partial charge in [-0.25, -0.2) is 4.79 Å². The molecule has 0 aliphatic rings. The summed E-state index contributed by atoms with van der Waals surface area (Å²) in [6.07, 6.45) is 0. The fourth-order valence-corrected chi connectivity index (χ4v) is 2.69. The van der Waals surface area contributed by atoms with Crippen molar-refractivity contribution >= 4 is 17.7 Å². The van der Waals surface area contributed by atoms with Crippen molar-refractivity contribution < 1.29 is 14.6 Å². The standard InChI is InChI=1S/C15H14O3S/c1-18-12-7-8-13(15(16)17)14(9-12)19-10-11-5-3-2-4-6-11/h2-9H,10H2,1H3,(H,16,17). The van der Waals surface area contributed by atoms with Gasteiger partial charge in [0, 0.05) is 10.6 Å². The van der Waals surface area contributed by atoms with E-state index in [1.54, 1.807) is 25.3 Å². The zero-order valence-electron chi connectivity index (χ0n) is 10.5. The van der Waals surface area contributed by atoms with Crippen molar-refractivity contribution in [2.75, 3.05) is 7.11 Å². The lowest BCUT2D eigenvalue weighted by atomic mass is 10.2. The molecule has 0 radical (unpaired) electrons. The van der Waals surface area contributed by atoms with Gasteiger partial charge in [-0.05, 0) is 23.8 Å². The number of methoxy groups -OCH3 is 1. The predicted molar refractivity (Wildman–Crippen MR) is 76.0 cm³/mol. The molecule has 0 bridgehead atoms. The van der Waals surface area contributed by atoms with Crippen molar-refractivity contribution in [1.82, 2.24) is 0 Å². The molecule has 0 saturated heterocycles. The van der Waals surface area contributed by atoms with Gasteiger partial charge in [-0.3, -0.25) is 0 Å². The minimum Gasteiger partial charge on any atom is -0.497 e. The fourth-order valence-electron chi connectivity index (χ4n) is 1.66. The highest BCUT2D eigenvalue weighted by atomic mass is 32.2. The molecule has 0 aliphatic carbocycles. The van der Waals surface area contributed by atoms with Crippen LogP contribution in [0.25, 0.3) is 0 Å². The van der Waals surface area contributed by atoms with Gasteiger partial charge in [0.05, 0.1) is 12.7 Å². The van der Waals surface area contributed by atoms with E-state index in [-0.39, 0.29) is 0 Å². The topological polar surface area (TPSA) is 46.5 Å². The first-order chi connectivity index (χ1) is 9.20. The summed E-state index contributed by atoms with van der Waals surface area (Å²) in [5.41, 5.74) is 1.47. The average molecular weight is 274 g/mol. The molecule has 3 nitrogen and oxygen atoms in total. The Kier molecular flexibility index (Phi) is 4.47. The van der Waals surface area contributed by atoms with Crippen molar-refractivity contribution in [3.63, 3.8) is 0 Å².